The van der Waals surface area contributed by atoms with E-state index in [1.54, 1.807) is 7.11 Å². The highest BCUT2D eigenvalue weighted by atomic mass is 16.5. The molecule has 3 heteroatoms. The molecular weight excluding hydrogens is 190 g/mol. The van der Waals surface area contributed by atoms with Gasteiger partial charge in [0.2, 0.25) is 0 Å². The minimum Gasteiger partial charge on any atom is -0.490 e. The second-order valence-electron chi connectivity index (χ2n) is 3.65. The van der Waals surface area contributed by atoms with Crippen LogP contribution in [0.5, 0.6) is 5.75 Å². The Morgan fingerprint density at radius 3 is 3.13 bits per heavy atom. The molecule has 0 atom stereocenters. The van der Waals surface area contributed by atoms with E-state index in [2.05, 4.69) is 17.0 Å². The summed E-state index contributed by atoms with van der Waals surface area (Å²) in [5.41, 5.74) is 1.21. The van der Waals surface area contributed by atoms with Crippen molar-refractivity contribution in [2.45, 2.75) is 6.42 Å². The predicted octanol–water partition coefficient (Wildman–Crippen LogP) is 1.92. The Labute approximate surface area is 90.6 Å². The molecule has 0 spiro atoms. The van der Waals surface area contributed by atoms with Crippen LogP contribution in [0.25, 0.3) is 0 Å². The Bertz CT molecular complexity index is 314. The normalized spacial score (nSPS) is 14.6. The lowest BCUT2D eigenvalue weighted by Crippen LogP contribution is -2.33. The summed E-state index contributed by atoms with van der Waals surface area (Å²) in [4.78, 5) is 2.36. The number of methoxy groups -OCH3 is 1. The summed E-state index contributed by atoms with van der Waals surface area (Å²) in [5.74, 6) is 1.00. The van der Waals surface area contributed by atoms with Crippen LogP contribution in [0.2, 0.25) is 0 Å². The summed E-state index contributed by atoms with van der Waals surface area (Å²) in [7, 11) is 1.74. The number of rotatable bonds is 4. The predicted molar refractivity (Wildman–Crippen MR) is 60.6 cm³/mol. The van der Waals surface area contributed by atoms with Crippen molar-refractivity contribution in [3.63, 3.8) is 0 Å². The average molecular weight is 207 g/mol. The molecule has 1 aromatic rings. The molecule has 0 bridgehead atoms. The maximum absolute atomic E-state index is 5.59. The fourth-order valence-electron chi connectivity index (χ4n) is 1.86. The van der Waals surface area contributed by atoms with Crippen molar-refractivity contribution >= 4 is 5.69 Å². The first-order valence-electron chi connectivity index (χ1n) is 5.37. The third-order valence-electron chi connectivity index (χ3n) is 2.60. The van der Waals surface area contributed by atoms with Crippen molar-refractivity contribution in [3.8, 4) is 5.75 Å². The number of hydrogen-bond donors (Lipinski definition) is 0. The highest BCUT2D eigenvalue weighted by molar-refractivity contribution is 5.59. The van der Waals surface area contributed by atoms with Crippen molar-refractivity contribution in [2.75, 3.05) is 38.3 Å². The molecule has 1 aliphatic rings. The summed E-state index contributed by atoms with van der Waals surface area (Å²) in [6.07, 6.45) is 1.06. The van der Waals surface area contributed by atoms with E-state index in [0.29, 0.717) is 0 Å². The minimum atomic E-state index is 0.782. The molecule has 82 valence electrons. The van der Waals surface area contributed by atoms with E-state index < -0.39 is 0 Å². The summed E-state index contributed by atoms with van der Waals surface area (Å²) in [6, 6.07) is 8.20. The summed E-state index contributed by atoms with van der Waals surface area (Å²) in [6.45, 7) is 3.61. The van der Waals surface area contributed by atoms with Gasteiger partial charge in [-0.3, -0.25) is 0 Å². The van der Waals surface area contributed by atoms with Crippen LogP contribution in [0.15, 0.2) is 24.3 Å². The van der Waals surface area contributed by atoms with Crippen molar-refractivity contribution in [1.82, 2.24) is 0 Å². The zero-order chi connectivity index (χ0) is 10.5. The first-order valence-corrected chi connectivity index (χ1v) is 5.37. The van der Waals surface area contributed by atoms with E-state index in [0.717, 1.165) is 38.5 Å². The molecule has 0 N–H and O–H groups in total. The molecule has 15 heavy (non-hydrogen) atoms. The summed E-state index contributed by atoms with van der Waals surface area (Å²) in [5, 5.41) is 0. The molecule has 3 nitrogen and oxygen atoms in total. The number of benzene rings is 1. The van der Waals surface area contributed by atoms with Crippen LogP contribution in [0.4, 0.5) is 5.69 Å². The smallest absolute Gasteiger partial charge is 0.142 e. The van der Waals surface area contributed by atoms with Gasteiger partial charge in [-0.05, 0) is 18.6 Å². The van der Waals surface area contributed by atoms with Gasteiger partial charge in [0.05, 0.1) is 12.2 Å². The summed E-state index contributed by atoms with van der Waals surface area (Å²) < 4.78 is 10.7. The first kappa shape index (κ1) is 10.3. The van der Waals surface area contributed by atoms with Crippen molar-refractivity contribution in [3.05, 3.63) is 24.3 Å². The quantitative estimate of drug-likeness (QED) is 0.704. The second-order valence-corrected chi connectivity index (χ2v) is 3.65. The number of ether oxygens (including phenoxy) is 2. The number of para-hydroxylation sites is 2. The lowest BCUT2D eigenvalue weighted by Gasteiger charge is -2.31. The fourth-order valence-corrected chi connectivity index (χ4v) is 1.86. The Morgan fingerprint density at radius 2 is 2.27 bits per heavy atom. The van der Waals surface area contributed by atoms with Crippen molar-refractivity contribution < 1.29 is 9.47 Å². The number of fused-ring (bicyclic) bond motifs is 1. The Hall–Kier alpha value is -1.22. The zero-order valence-corrected chi connectivity index (χ0v) is 9.11. The highest BCUT2D eigenvalue weighted by Gasteiger charge is 2.16. The fraction of sp³-hybridized carbons (Fsp3) is 0.500. The van der Waals surface area contributed by atoms with Gasteiger partial charge < -0.3 is 14.4 Å². The molecule has 0 radical (unpaired) electrons. The van der Waals surface area contributed by atoms with E-state index in [1.165, 1.54) is 5.69 Å². The lowest BCUT2D eigenvalue weighted by molar-refractivity contribution is 0.195. The maximum atomic E-state index is 5.59. The third-order valence-corrected chi connectivity index (χ3v) is 2.60. The van der Waals surface area contributed by atoms with Crippen LogP contribution in [0, 0.1) is 0 Å². The van der Waals surface area contributed by atoms with E-state index in [9.17, 15) is 0 Å². The van der Waals surface area contributed by atoms with E-state index >= 15 is 0 Å². The number of hydrogen-bond acceptors (Lipinski definition) is 3. The number of anilines is 1. The zero-order valence-electron chi connectivity index (χ0n) is 9.11. The molecule has 0 unspecified atom stereocenters. The van der Waals surface area contributed by atoms with Crippen LogP contribution in [-0.4, -0.2) is 33.4 Å². The molecule has 0 aliphatic carbocycles. The first-order chi connectivity index (χ1) is 7.42. The van der Waals surface area contributed by atoms with Crippen LogP contribution >= 0.6 is 0 Å². The average Bonchev–Trinajstić information content (AvgIpc) is 2.30. The molecular formula is C12H17NO2. The highest BCUT2D eigenvalue weighted by Crippen LogP contribution is 2.30. The van der Waals surface area contributed by atoms with E-state index in [-0.39, 0.29) is 0 Å². The van der Waals surface area contributed by atoms with Gasteiger partial charge in [0, 0.05) is 20.3 Å². The van der Waals surface area contributed by atoms with Crippen LogP contribution in [-0.2, 0) is 4.74 Å². The SMILES string of the molecule is COCCCN1CCOc2ccccc21. The largest absolute Gasteiger partial charge is 0.490 e. The monoisotopic (exact) mass is 207 g/mol. The van der Waals surface area contributed by atoms with Crippen molar-refractivity contribution in [1.29, 1.82) is 0 Å². The second kappa shape index (κ2) is 5.03. The van der Waals surface area contributed by atoms with Crippen LogP contribution < -0.4 is 9.64 Å². The molecule has 1 heterocycles. The molecule has 1 aliphatic heterocycles. The van der Waals surface area contributed by atoms with Crippen molar-refractivity contribution in [2.24, 2.45) is 0 Å². The Balaban J connectivity index is 2.02. The van der Waals surface area contributed by atoms with Crippen LogP contribution in [0.1, 0.15) is 6.42 Å². The maximum Gasteiger partial charge on any atom is 0.142 e. The van der Waals surface area contributed by atoms with Crippen LogP contribution in [0.3, 0.4) is 0 Å². The molecule has 0 fully saturated rings. The van der Waals surface area contributed by atoms with Gasteiger partial charge in [0.15, 0.2) is 0 Å². The standard InChI is InChI=1S/C12H17NO2/c1-14-9-4-7-13-8-10-15-12-6-3-2-5-11(12)13/h2-3,5-6H,4,7-10H2,1H3. The van der Waals surface area contributed by atoms with Gasteiger partial charge in [-0.25, -0.2) is 0 Å². The van der Waals surface area contributed by atoms with Gasteiger partial charge in [-0.15, -0.1) is 0 Å². The Kier molecular flexibility index (Phi) is 3.45. The molecule has 0 saturated carbocycles. The van der Waals surface area contributed by atoms with Gasteiger partial charge in [-0.2, -0.15) is 0 Å². The molecule has 2 rings (SSSR count). The van der Waals surface area contributed by atoms with Gasteiger partial charge in [-0.1, -0.05) is 12.1 Å². The van der Waals surface area contributed by atoms with Gasteiger partial charge >= 0.3 is 0 Å². The third kappa shape index (κ3) is 2.42. The molecule has 1 aromatic carbocycles. The Morgan fingerprint density at radius 1 is 1.40 bits per heavy atom. The topological polar surface area (TPSA) is 21.7 Å². The number of nitrogens with zero attached hydrogens (tertiary/aromatic N) is 1. The van der Waals surface area contributed by atoms with E-state index in [1.807, 2.05) is 12.1 Å². The van der Waals surface area contributed by atoms with Gasteiger partial charge in [0.25, 0.3) is 0 Å². The molecule has 0 saturated heterocycles. The van der Waals surface area contributed by atoms with Gasteiger partial charge in [0.1, 0.15) is 12.4 Å². The molecule has 0 amide bonds. The molecule has 0 aromatic heterocycles. The minimum absolute atomic E-state index is 0.782. The summed E-state index contributed by atoms with van der Waals surface area (Å²) >= 11 is 0. The van der Waals surface area contributed by atoms with E-state index in [4.69, 9.17) is 9.47 Å². The lowest BCUT2D eigenvalue weighted by atomic mass is 10.2.